The van der Waals surface area contributed by atoms with E-state index in [1.807, 2.05) is 66.7 Å². The summed E-state index contributed by atoms with van der Waals surface area (Å²) >= 11 is 0. The number of benzene rings is 4. The molecule has 0 amide bonds. The second-order valence-corrected chi connectivity index (χ2v) is 13.3. The first kappa shape index (κ1) is 37.8. The molecule has 0 aliphatic heterocycles. The Bertz CT molecular complexity index is 1550. The Balaban J connectivity index is 0.000000244. The minimum Gasteiger partial charge on any atom is -0.504 e. The molecular weight excluding hydrogens is 707 g/mol. The van der Waals surface area contributed by atoms with Gasteiger partial charge < -0.3 is 6.08 Å². The van der Waals surface area contributed by atoms with Gasteiger partial charge in [0.25, 0.3) is 0 Å². The van der Waals surface area contributed by atoms with Crippen molar-refractivity contribution in [2.45, 2.75) is 71.6 Å². The van der Waals surface area contributed by atoms with Gasteiger partial charge in [0, 0.05) is 0 Å². The quantitative estimate of drug-likeness (QED) is 0.0954. The van der Waals surface area contributed by atoms with Crippen LogP contribution in [0.25, 0.3) is 21.5 Å². The Morgan fingerprint density at radius 1 is 0.644 bits per heavy atom. The summed E-state index contributed by atoms with van der Waals surface area (Å²) in [6.07, 6.45) is 6.19. The summed E-state index contributed by atoms with van der Waals surface area (Å²) < 4.78 is 0. The van der Waals surface area contributed by atoms with E-state index in [1.165, 1.54) is 38.2 Å². The van der Waals surface area contributed by atoms with Crippen LogP contribution in [0.1, 0.15) is 76.6 Å². The van der Waals surface area contributed by atoms with Crippen molar-refractivity contribution < 1.29 is 25.8 Å². The summed E-state index contributed by atoms with van der Waals surface area (Å²) in [6, 6.07) is 46.6. The van der Waals surface area contributed by atoms with Gasteiger partial charge in [-0.25, -0.2) is 12.1 Å². The molecular formula is C44H50Hf. The first-order chi connectivity index (χ1) is 21.0. The van der Waals surface area contributed by atoms with E-state index in [1.54, 1.807) is 0 Å². The molecule has 0 heterocycles. The van der Waals surface area contributed by atoms with Crippen molar-refractivity contribution in [1.29, 1.82) is 0 Å². The number of rotatable bonds is 4. The zero-order valence-corrected chi connectivity index (χ0v) is 31.8. The maximum absolute atomic E-state index is 3.72. The largest absolute Gasteiger partial charge is 4.00 e. The van der Waals surface area contributed by atoms with Crippen LogP contribution in [0.15, 0.2) is 140 Å². The standard InChI is InChI=1S/C21H25.C11H13.C7H7.C5H5.Hf/c1-20(2,3)16-7-9-18-14(12-16)11-15-13-17(21(4,5)6)8-10-19(15)18;1-2-3-5-8-11-9-6-4-7-10-11;1-7-5-3-2-4-6-7;1-2-4-5-3-1;/h7-13H,1-6H3;4,6-7,9-10H,1,3,5,8H2;2-6H,1H2;1-5H;/q4*-1;+4. The van der Waals surface area contributed by atoms with Crippen LogP contribution in [0.2, 0.25) is 0 Å². The number of fused-ring (bicyclic) bond motifs is 3. The smallest absolute Gasteiger partial charge is 0.504 e. The first-order valence-corrected chi connectivity index (χ1v) is 15.7. The average Bonchev–Trinajstić information content (AvgIpc) is 3.70. The van der Waals surface area contributed by atoms with Crippen LogP contribution in [0.3, 0.4) is 0 Å². The predicted molar refractivity (Wildman–Crippen MR) is 196 cm³/mol. The van der Waals surface area contributed by atoms with E-state index >= 15 is 0 Å². The molecule has 0 N–H and O–H groups in total. The predicted octanol–water partition coefficient (Wildman–Crippen LogP) is 12.6. The molecule has 0 saturated carbocycles. The van der Waals surface area contributed by atoms with Crippen molar-refractivity contribution in [2.75, 3.05) is 0 Å². The van der Waals surface area contributed by atoms with E-state index in [0.29, 0.717) is 0 Å². The van der Waals surface area contributed by atoms with E-state index in [-0.39, 0.29) is 36.7 Å². The van der Waals surface area contributed by atoms with Crippen molar-refractivity contribution >= 4 is 21.5 Å². The molecule has 6 rings (SSSR count). The number of hydrogen-bond acceptors (Lipinski definition) is 0. The average molecular weight is 757 g/mol. The van der Waals surface area contributed by atoms with Crippen molar-refractivity contribution in [3.63, 3.8) is 0 Å². The Kier molecular flexibility index (Phi) is 15.5. The minimum absolute atomic E-state index is 0. The van der Waals surface area contributed by atoms with Gasteiger partial charge in [-0.15, -0.1) is 51.9 Å². The summed E-state index contributed by atoms with van der Waals surface area (Å²) in [6.45, 7) is 20.9. The molecule has 6 aromatic carbocycles. The maximum Gasteiger partial charge on any atom is 4.00 e. The van der Waals surface area contributed by atoms with Gasteiger partial charge in [0.2, 0.25) is 0 Å². The van der Waals surface area contributed by atoms with Crippen LogP contribution < -0.4 is 0 Å². The van der Waals surface area contributed by atoms with E-state index in [4.69, 9.17) is 0 Å². The summed E-state index contributed by atoms with van der Waals surface area (Å²) in [5, 5.41) is 5.48. The second kappa shape index (κ2) is 18.5. The fourth-order valence-corrected chi connectivity index (χ4v) is 4.82. The molecule has 0 aliphatic rings. The van der Waals surface area contributed by atoms with E-state index in [0.717, 1.165) is 24.8 Å². The fraction of sp³-hybridized carbons (Fsp3) is 0.250. The minimum atomic E-state index is 0. The monoisotopic (exact) mass is 758 g/mol. The van der Waals surface area contributed by atoms with Gasteiger partial charge in [0.05, 0.1) is 0 Å². The van der Waals surface area contributed by atoms with Crippen LogP contribution >= 0.6 is 0 Å². The van der Waals surface area contributed by atoms with Crippen LogP contribution in [0.4, 0.5) is 0 Å². The van der Waals surface area contributed by atoms with Crippen molar-refractivity contribution in [2.24, 2.45) is 0 Å². The van der Waals surface area contributed by atoms with Gasteiger partial charge in [-0.05, 0) is 22.8 Å². The van der Waals surface area contributed by atoms with Crippen molar-refractivity contribution in [1.82, 2.24) is 0 Å². The fourth-order valence-electron chi connectivity index (χ4n) is 4.82. The summed E-state index contributed by atoms with van der Waals surface area (Å²) in [7, 11) is 0. The first-order valence-electron chi connectivity index (χ1n) is 15.7. The molecule has 0 radical (unpaired) electrons. The molecule has 0 aromatic heterocycles. The third kappa shape index (κ3) is 12.8. The van der Waals surface area contributed by atoms with E-state index < -0.39 is 0 Å². The van der Waals surface area contributed by atoms with Crippen molar-refractivity contribution in [3.8, 4) is 0 Å². The molecule has 0 atom stereocenters. The topological polar surface area (TPSA) is 0 Å². The van der Waals surface area contributed by atoms with Crippen LogP contribution in [-0.4, -0.2) is 0 Å². The number of hydrogen-bond donors (Lipinski definition) is 0. The van der Waals surface area contributed by atoms with Gasteiger partial charge >= 0.3 is 25.8 Å². The summed E-state index contributed by atoms with van der Waals surface area (Å²) in [5.74, 6) is 0. The van der Waals surface area contributed by atoms with Gasteiger partial charge in [-0.2, -0.15) is 49.2 Å². The van der Waals surface area contributed by atoms with Gasteiger partial charge in [0.1, 0.15) is 0 Å². The second-order valence-electron chi connectivity index (χ2n) is 13.3. The molecule has 0 bridgehead atoms. The molecule has 0 unspecified atom stereocenters. The molecule has 0 fully saturated rings. The number of unbranched alkanes of at least 4 members (excludes halogenated alkanes) is 1. The number of allylic oxidation sites excluding steroid dienone is 1. The van der Waals surface area contributed by atoms with Crippen LogP contribution in [0.5, 0.6) is 0 Å². The molecule has 0 nitrogen and oxygen atoms in total. The maximum atomic E-state index is 3.72. The molecule has 45 heavy (non-hydrogen) atoms. The molecule has 0 aliphatic carbocycles. The zero-order valence-electron chi connectivity index (χ0n) is 28.2. The Morgan fingerprint density at radius 2 is 1.11 bits per heavy atom. The van der Waals surface area contributed by atoms with Gasteiger partial charge in [-0.1, -0.05) is 120 Å². The van der Waals surface area contributed by atoms with E-state index in [9.17, 15) is 0 Å². The molecule has 230 valence electrons. The summed E-state index contributed by atoms with van der Waals surface area (Å²) in [4.78, 5) is 0. The Hall–Kier alpha value is -3.42. The number of aryl methyl sites for hydroxylation is 1. The molecule has 1 heteroatoms. The Labute approximate surface area is 292 Å². The third-order valence-corrected chi connectivity index (χ3v) is 7.50. The van der Waals surface area contributed by atoms with E-state index in [2.05, 4.69) is 128 Å². The van der Waals surface area contributed by atoms with Gasteiger partial charge in [-0.3, -0.25) is 6.58 Å². The van der Waals surface area contributed by atoms with Gasteiger partial charge in [0.15, 0.2) is 0 Å². The Morgan fingerprint density at radius 3 is 1.47 bits per heavy atom. The molecule has 0 saturated heterocycles. The van der Waals surface area contributed by atoms with Crippen LogP contribution in [0, 0.1) is 13.0 Å². The molecule has 6 aromatic rings. The SMILES string of the molecule is C=[C-]CCCc1ccccc1.CC(C)(C)c1ccc2c(c1)[cH-]c1cc(C(C)(C)C)ccc12.[CH2-]c1ccccc1.[Hf+4].c1cc[cH-]c1. The third-order valence-electron chi connectivity index (χ3n) is 7.50. The zero-order chi connectivity index (χ0) is 32.0. The van der Waals surface area contributed by atoms with Crippen molar-refractivity contribution in [3.05, 3.63) is 175 Å². The normalized spacial score (nSPS) is 10.7. The van der Waals surface area contributed by atoms with Crippen LogP contribution in [-0.2, 0) is 43.1 Å². The molecule has 0 spiro atoms. The summed E-state index contributed by atoms with van der Waals surface area (Å²) in [5.41, 5.74) is 5.69.